The number of hydrogen-bond donors (Lipinski definition) is 0. The van der Waals surface area contributed by atoms with Crippen molar-refractivity contribution in [2.75, 3.05) is 7.11 Å². The average Bonchev–Trinajstić information content (AvgIpc) is 3.05. The first-order valence-corrected chi connectivity index (χ1v) is 8.76. The molecule has 0 bridgehead atoms. The number of hydrogen-bond acceptors (Lipinski definition) is 4. The number of imidazole rings is 1. The van der Waals surface area contributed by atoms with Crippen molar-refractivity contribution in [1.29, 1.82) is 0 Å². The molecule has 4 rings (SSSR count). The van der Waals surface area contributed by atoms with Crippen LogP contribution in [0.25, 0.3) is 16.9 Å². The number of pyridine rings is 1. The fourth-order valence-electron chi connectivity index (χ4n) is 2.95. The van der Waals surface area contributed by atoms with E-state index in [0.717, 1.165) is 39.5 Å². The summed E-state index contributed by atoms with van der Waals surface area (Å²) in [5.74, 6) is 1.52. The van der Waals surface area contributed by atoms with Gasteiger partial charge in [0, 0.05) is 11.8 Å². The second-order valence-corrected chi connectivity index (χ2v) is 6.43. The zero-order valence-electron chi connectivity index (χ0n) is 15.5. The summed E-state index contributed by atoms with van der Waals surface area (Å²) in [4.78, 5) is 4.78. The van der Waals surface area contributed by atoms with Gasteiger partial charge in [0.1, 0.15) is 17.1 Å². The molecule has 5 nitrogen and oxygen atoms in total. The van der Waals surface area contributed by atoms with Gasteiger partial charge in [-0.1, -0.05) is 24.3 Å². The minimum atomic E-state index is 0.710. The van der Waals surface area contributed by atoms with Gasteiger partial charge in [-0.25, -0.2) is 4.98 Å². The third-order valence-corrected chi connectivity index (χ3v) is 4.47. The summed E-state index contributed by atoms with van der Waals surface area (Å²) >= 11 is 0. The molecule has 5 heteroatoms. The van der Waals surface area contributed by atoms with Crippen molar-refractivity contribution < 1.29 is 4.74 Å². The number of ether oxygens (including phenoxy) is 1. The molecule has 0 fully saturated rings. The van der Waals surface area contributed by atoms with Crippen LogP contribution in [-0.4, -0.2) is 16.5 Å². The van der Waals surface area contributed by atoms with Crippen molar-refractivity contribution >= 4 is 17.2 Å². The van der Waals surface area contributed by atoms with E-state index in [9.17, 15) is 0 Å². The number of azo groups is 1. The maximum Gasteiger partial charge on any atom is 0.187 e. The average molecular weight is 356 g/mol. The summed E-state index contributed by atoms with van der Waals surface area (Å²) in [6.07, 6.45) is 2.03. The van der Waals surface area contributed by atoms with Crippen LogP contribution in [0.15, 0.2) is 77.1 Å². The largest absolute Gasteiger partial charge is 0.497 e. The topological polar surface area (TPSA) is 51.2 Å². The van der Waals surface area contributed by atoms with Crippen LogP contribution in [-0.2, 0) is 0 Å². The molecule has 0 aliphatic carbocycles. The minimum Gasteiger partial charge on any atom is -0.497 e. The highest BCUT2D eigenvalue weighted by Crippen LogP contribution is 2.33. The number of benzene rings is 2. The molecule has 0 atom stereocenters. The third-order valence-electron chi connectivity index (χ3n) is 4.47. The molecule has 0 N–H and O–H groups in total. The van der Waals surface area contributed by atoms with Crippen molar-refractivity contribution in [3.63, 3.8) is 0 Å². The summed E-state index contributed by atoms with van der Waals surface area (Å²) in [5.41, 5.74) is 5.66. The molecular weight excluding hydrogens is 336 g/mol. The lowest BCUT2D eigenvalue weighted by Crippen LogP contribution is -1.85. The normalized spacial score (nSPS) is 11.4. The van der Waals surface area contributed by atoms with Gasteiger partial charge in [0.25, 0.3) is 0 Å². The molecule has 0 unspecified atom stereocenters. The molecule has 0 saturated heterocycles. The van der Waals surface area contributed by atoms with E-state index in [2.05, 4.69) is 17.2 Å². The maximum atomic E-state index is 5.26. The van der Waals surface area contributed by atoms with Crippen LogP contribution in [0.4, 0.5) is 11.5 Å². The quantitative estimate of drug-likeness (QED) is 0.418. The molecule has 27 heavy (non-hydrogen) atoms. The predicted octanol–water partition coefficient (Wildman–Crippen LogP) is 6.04. The summed E-state index contributed by atoms with van der Waals surface area (Å²) in [5, 5.41) is 9.07. The van der Waals surface area contributed by atoms with Crippen molar-refractivity contribution in [3.8, 4) is 17.0 Å². The number of aryl methyl sites for hydroxylation is 2. The van der Waals surface area contributed by atoms with E-state index >= 15 is 0 Å². The Hall–Kier alpha value is -3.47. The molecule has 4 aromatic rings. The fourth-order valence-corrected chi connectivity index (χ4v) is 2.95. The molecule has 2 aromatic heterocycles. The summed E-state index contributed by atoms with van der Waals surface area (Å²) in [6, 6.07) is 19.8. The number of rotatable bonds is 4. The monoisotopic (exact) mass is 356 g/mol. The van der Waals surface area contributed by atoms with Gasteiger partial charge in [0.05, 0.1) is 12.8 Å². The summed E-state index contributed by atoms with van der Waals surface area (Å²) in [7, 11) is 1.66. The first kappa shape index (κ1) is 17.0. The Morgan fingerprint density at radius 1 is 0.889 bits per heavy atom. The molecule has 134 valence electrons. The molecule has 2 aromatic carbocycles. The first-order chi connectivity index (χ1) is 13.2. The highest BCUT2D eigenvalue weighted by Gasteiger charge is 2.14. The number of methoxy groups -OCH3 is 1. The lowest BCUT2D eigenvalue weighted by molar-refractivity contribution is 0.415. The first-order valence-electron chi connectivity index (χ1n) is 8.76. The van der Waals surface area contributed by atoms with E-state index in [1.165, 1.54) is 0 Å². The third kappa shape index (κ3) is 3.31. The van der Waals surface area contributed by atoms with Crippen LogP contribution in [0.5, 0.6) is 5.75 Å². The number of fused-ring (bicyclic) bond motifs is 1. The molecule has 2 heterocycles. The van der Waals surface area contributed by atoms with Crippen LogP contribution in [0, 0.1) is 13.8 Å². The van der Waals surface area contributed by atoms with E-state index in [0.29, 0.717) is 5.82 Å². The second-order valence-electron chi connectivity index (χ2n) is 6.43. The zero-order valence-corrected chi connectivity index (χ0v) is 15.5. The van der Waals surface area contributed by atoms with Gasteiger partial charge in [-0.2, -0.15) is 0 Å². The second kappa shape index (κ2) is 7.03. The summed E-state index contributed by atoms with van der Waals surface area (Å²) in [6.45, 7) is 4.08. The van der Waals surface area contributed by atoms with Crippen LogP contribution in [0.1, 0.15) is 11.1 Å². The van der Waals surface area contributed by atoms with Crippen molar-refractivity contribution in [1.82, 2.24) is 9.38 Å². The zero-order chi connectivity index (χ0) is 18.8. The molecule has 0 aliphatic heterocycles. The van der Waals surface area contributed by atoms with Crippen molar-refractivity contribution in [2.24, 2.45) is 10.2 Å². The summed E-state index contributed by atoms with van der Waals surface area (Å²) < 4.78 is 7.24. The van der Waals surface area contributed by atoms with Gasteiger partial charge in [-0.3, -0.25) is 4.40 Å². The van der Waals surface area contributed by atoms with Gasteiger partial charge in [-0.15, -0.1) is 10.2 Å². The van der Waals surface area contributed by atoms with E-state index in [4.69, 9.17) is 9.72 Å². The predicted molar refractivity (Wildman–Crippen MR) is 107 cm³/mol. The standard InChI is InChI=1S/C22H20N4O/c1-15-8-13-20-23-21(17-9-11-18(27-3)12-10-17)22(26(20)14-15)25-24-19-7-5-4-6-16(19)2/h4-14H,1-3H3. The van der Waals surface area contributed by atoms with Crippen LogP contribution in [0.2, 0.25) is 0 Å². The Bertz CT molecular complexity index is 1130. The highest BCUT2D eigenvalue weighted by molar-refractivity contribution is 5.75. The molecular formula is C22H20N4O. The maximum absolute atomic E-state index is 5.26. The van der Waals surface area contributed by atoms with Crippen molar-refractivity contribution in [2.45, 2.75) is 13.8 Å². The molecule has 0 aliphatic rings. The minimum absolute atomic E-state index is 0.710. The molecule has 0 amide bonds. The van der Waals surface area contributed by atoms with Crippen LogP contribution < -0.4 is 4.74 Å². The van der Waals surface area contributed by atoms with E-state index in [1.807, 2.05) is 78.2 Å². The number of aromatic nitrogens is 2. The molecule has 0 spiro atoms. The van der Waals surface area contributed by atoms with Gasteiger partial charge in [-0.05, 0) is 61.4 Å². The Morgan fingerprint density at radius 2 is 1.67 bits per heavy atom. The van der Waals surface area contributed by atoms with Gasteiger partial charge in [0.2, 0.25) is 0 Å². The van der Waals surface area contributed by atoms with Crippen LogP contribution >= 0.6 is 0 Å². The fraction of sp³-hybridized carbons (Fsp3) is 0.136. The Kier molecular flexibility index (Phi) is 4.42. The van der Waals surface area contributed by atoms with Gasteiger partial charge >= 0.3 is 0 Å². The number of nitrogens with zero attached hydrogens (tertiary/aromatic N) is 4. The SMILES string of the molecule is COc1ccc(-c2nc3ccc(C)cn3c2N=Nc2ccccc2C)cc1. The van der Waals surface area contributed by atoms with Gasteiger partial charge < -0.3 is 4.74 Å². The molecule has 0 radical (unpaired) electrons. The van der Waals surface area contributed by atoms with E-state index < -0.39 is 0 Å². The lowest BCUT2D eigenvalue weighted by atomic mass is 10.1. The van der Waals surface area contributed by atoms with Gasteiger partial charge in [0.15, 0.2) is 5.82 Å². The lowest BCUT2D eigenvalue weighted by Gasteiger charge is -2.03. The Morgan fingerprint density at radius 3 is 2.41 bits per heavy atom. The van der Waals surface area contributed by atoms with E-state index in [-0.39, 0.29) is 0 Å². The Labute approximate surface area is 158 Å². The molecule has 0 saturated carbocycles. The highest BCUT2D eigenvalue weighted by atomic mass is 16.5. The van der Waals surface area contributed by atoms with Crippen LogP contribution in [0.3, 0.4) is 0 Å². The Balaban J connectivity index is 1.88. The van der Waals surface area contributed by atoms with Crippen molar-refractivity contribution in [3.05, 3.63) is 78.0 Å². The smallest absolute Gasteiger partial charge is 0.187 e. The van der Waals surface area contributed by atoms with E-state index in [1.54, 1.807) is 7.11 Å².